The molecule has 2 rings (SSSR count). The number of nitrogens with one attached hydrogen (secondary N) is 3. The SMILES string of the molecule is CCOC(=O)C(CCCN=C(NC(=O)OCc1ccccc1)NC(=O)OCc1ccccc1)(NC(=O)OC(C)(C)C)C(F)F. The zero-order valence-electron chi connectivity index (χ0n) is 25.1. The highest BCUT2D eigenvalue weighted by Gasteiger charge is 2.50. The first-order valence-electron chi connectivity index (χ1n) is 13.8. The standard InChI is InChI=1S/C30H38F2N4O8/c1-5-41-24(37)30(23(31)32,36-28(40)44-29(2,3)4)17-12-18-33-25(34-26(38)42-19-21-13-8-6-9-14-21)35-27(39)43-20-22-15-10-7-11-16-22/h6-11,13-16,23H,5,12,17-20H2,1-4H3,(H,36,40)(H2,33,34,35,38,39). The van der Waals surface area contributed by atoms with Gasteiger partial charge in [0.25, 0.3) is 6.43 Å². The molecule has 0 aliphatic heterocycles. The van der Waals surface area contributed by atoms with Crippen LogP contribution in [0, 0.1) is 0 Å². The molecule has 1 unspecified atom stereocenters. The normalized spacial score (nSPS) is 12.2. The van der Waals surface area contributed by atoms with E-state index in [0.717, 1.165) is 0 Å². The molecule has 3 N–H and O–H groups in total. The lowest BCUT2D eigenvalue weighted by Crippen LogP contribution is -2.61. The number of guanidine groups is 1. The van der Waals surface area contributed by atoms with E-state index >= 15 is 0 Å². The molecule has 0 fully saturated rings. The number of carbonyl (C=O) groups excluding carboxylic acids is 4. The summed E-state index contributed by atoms with van der Waals surface area (Å²) in [5, 5.41) is 6.54. The van der Waals surface area contributed by atoms with Crippen LogP contribution in [-0.2, 0) is 37.0 Å². The van der Waals surface area contributed by atoms with Gasteiger partial charge in [-0.15, -0.1) is 0 Å². The van der Waals surface area contributed by atoms with Crippen molar-refractivity contribution in [3.05, 3.63) is 71.8 Å². The molecule has 0 aliphatic rings. The lowest BCUT2D eigenvalue weighted by molar-refractivity contribution is -0.159. The predicted molar refractivity (Wildman–Crippen MR) is 156 cm³/mol. The third-order valence-electron chi connectivity index (χ3n) is 5.60. The average molecular weight is 621 g/mol. The number of amides is 3. The number of ether oxygens (including phenoxy) is 4. The molecule has 0 radical (unpaired) electrons. The van der Waals surface area contributed by atoms with Crippen molar-refractivity contribution in [1.82, 2.24) is 16.0 Å². The molecule has 0 aromatic heterocycles. The van der Waals surface area contributed by atoms with Crippen molar-refractivity contribution in [2.24, 2.45) is 4.99 Å². The minimum Gasteiger partial charge on any atom is -0.464 e. The molecule has 3 amide bonds. The number of benzene rings is 2. The monoisotopic (exact) mass is 620 g/mol. The number of alkyl carbamates (subject to hydrolysis) is 3. The number of nitrogens with zero attached hydrogens (tertiary/aromatic N) is 1. The van der Waals surface area contributed by atoms with Crippen LogP contribution in [0.2, 0.25) is 0 Å². The highest BCUT2D eigenvalue weighted by atomic mass is 19.3. The van der Waals surface area contributed by atoms with Gasteiger partial charge in [0.2, 0.25) is 11.5 Å². The quantitative estimate of drug-likeness (QED) is 0.0978. The summed E-state index contributed by atoms with van der Waals surface area (Å²) >= 11 is 0. The van der Waals surface area contributed by atoms with Crippen LogP contribution in [0.25, 0.3) is 0 Å². The van der Waals surface area contributed by atoms with E-state index in [4.69, 9.17) is 18.9 Å². The number of aliphatic imine (C=N–C) groups is 1. The molecule has 0 saturated heterocycles. The van der Waals surface area contributed by atoms with Crippen molar-refractivity contribution in [2.75, 3.05) is 13.2 Å². The second-order valence-corrected chi connectivity index (χ2v) is 10.3. The molecule has 14 heteroatoms. The first kappa shape index (κ1) is 35.4. The maximum Gasteiger partial charge on any atom is 0.414 e. The number of halogens is 2. The van der Waals surface area contributed by atoms with Gasteiger partial charge in [-0.05, 0) is 51.7 Å². The molecule has 2 aromatic rings. The predicted octanol–water partition coefficient (Wildman–Crippen LogP) is 5.07. The van der Waals surface area contributed by atoms with Crippen LogP contribution < -0.4 is 16.0 Å². The lowest BCUT2D eigenvalue weighted by atomic mass is 9.93. The Kier molecular flexibility index (Phi) is 14.0. The Morgan fingerprint density at radius 2 is 1.30 bits per heavy atom. The smallest absolute Gasteiger partial charge is 0.414 e. The van der Waals surface area contributed by atoms with Gasteiger partial charge in [0, 0.05) is 6.54 Å². The molecule has 0 bridgehead atoms. The zero-order valence-corrected chi connectivity index (χ0v) is 25.1. The summed E-state index contributed by atoms with van der Waals surface area (Å²) in [6.45, 7) is 5.39. The van der Waals surface area contributed by atoms with E-state index in [-0.39, 0.29) is 38.7 Å². The van der Waals surface area contributed by atoms with Gasteiger partial charge in [0.15, 0.2) is 0 Å². The number of rotatable bonds is 12. The average Bonchev–Trinajstić information content (AvgIpc) is 2.96. The molecular formula is C30H38F2N4O8. The topological polar surface area (TPSA) is 154 Å². The summed E-state index contributed by atoms with van der Waals surface area (Å²) < 4.78 is 48.9. The van der Waals surface area contributed by atoms with E-state index in [0.29, 0.717) is 11.1 Å². The molecule has 12 nitrogen and oxygen atoms in total. The summed E-state index contributed by atoms with van der Waals surface area (Å²) in [7, 11) is 0. The minimum absolute atomic E-state index is 0.0782. The Bertz CT molecular complexity index is 1200. The fourth-order valence-corrected chi connectivity index (χ4v) is 3.58. The third kappa shape index (κ3) is 12.6. The summed E-state index contributed by atoms with van der Waals surface area (Å²) in [4.78, 5) is 54.0. The highest BCUT2D eigenvalue weighted by molar-refractivity contribution is 6.01. The van der Waals surface area contributed by atoms with Crippen LogP contribution in [0.4, 0.5) is 23.2 Å². The fraction of sp³-hybridized carbons (Fsp3) is 0.433. The van der Waals surface area contributed by atoms with E-state index in [1.54, 1.807) is 60.7 Å². The number of hydrogen-bond acceptors (Lipinski definition) is 9. The summed E-state index contributed by atoms with van der Waals surface area (Å²) in [6.07, 6.45) is -7.36. The van der Waals surface area contributed by atoms with Crippen molar-refractivity contribution >= 4 is 30.2 Å². The Labute approximate surface area is 254 Å². The van der Waals surface area contributed by atoms with E-state index < -0.39 is 48.2 Å². The minimum atomic E-state index is -3.37. The third-order valence-corrected chi connectivity index (χ3v) is 5.60. The highest BCUT2D eigenvalue weighted by Crippen LogP contribution is 2.25. The van der Waals surface area contributed by atoms with Gasteiger partial charge >= 0.3 is 24.2 Å². The van der Waals surface area contributed by atoms with Gasteiger partial charge in [-0.25, -0.2) is 28.0 Å². The Balaban J connectivity index is 2.15. The fourth-order valence-electron chi connectivity index (χ4n) is 3.58. The van der Waals surface area contributed by atoms with Gasteiger partial charge < -0.3 is 24.3 Å². The van der Waals surface area contributed by atoms with E-state index in [9.17, 15) is 28.0 Å². The Hall–Kier alpha value is -4.75. The zero-order chi connectivity index (χ0) is 32.6. The molecule has 2 aromatic carbocycles. The van der Waals surface area contributed by atoms with E-state index in [2.05, 4.69) is 15.6 Å². The number of hydrogen-bond donors (Lipinski definition) is 3. The van der Waals surface area contributed by atoms with E-state index in [1.807, 2.05) is 5.32 Å². The maximum absolute atomic E-state index is 14.3. The molecule has 0 spiro atoms. The molecular weight excluding hydrogens is 582 g/mol. The largest absolute Gasteiger partial charge is 0.464 e. The Morgan fingerprint density at radius 3 is 1.73 bits per heavy atom. The number of alkyl halides is 2. The number of esters is 1. The second kappa shape index (κ2) is 17.4. The van der Waals surface area contributed by atoms with Crippen molar-refractivity contribution in [2.45, 2.75) is 71.3 Å². The van der Waals surface area contributed by atoms with Crippen molar-refractivity contribution in [3.63, 3.8) is 0 Å². The van der Waals surface area contributed by atoms with Gasteiger partial charge in [-0.3, -0.25) is 15.6 Å². The summed E-state index contributed by atoms with van der Waals surface area (Å²) in [6, 6.07) is 17.6. The van der Waals surface area contributed by atoms with Crippen molar-refractivity contribution in [3.8, 4) is 0 Å². The molecule has 240 valence electrons. The molecule has 0 aliphatic carbocycles. The first-order valence-corrected chi connectivity index (χ1v) is 13.8. The van der Waals surface area contributed by atoms with Crippen molar-refractivity contribution < 1.29 is 46.9 Å². The van der Waals surface area contributed by atoms with Gasteiger partial charge in [0.1, 0.15) is 18.8 Å². The summed E-state index contributed by atoms with van der Waals surface area (Å²) in [5.41, 5.74) is -2.35. The van der Waals surface area contributed by atoms with Gasteiger partial charge in [-0.1, -0.05) is 60.7 Å². The summed E-state index contributed by atoms with van der Waals surface area (Å²) in [5.74, 6) is -1.74. The van der Waals surface area contributed by atoms with Crippen LogP contribution in [0.3, 0.4) is 0 Å². The van der Waals surface area contributed by atoms with Crippen LogP contribution in [0.15, 0.2) is 65.7 Å². The first-order chi connectivity index (χ1) is 20.8. The van der Waals surface area contributed by atoms with Crippen LogP contribution in [0.1, 0.15) is 51.7 Å². The molecule has 44 heavy (non-hydrogen) atoms. The van der Waals surface area contributed by atoms with Gasteiger partial charge in [-0.2, -0.15) is 0 Å². The molecule has 0 heterocycles. The van der Waals surface area contributed by atoms with Crippen molar-refractivity contribution in [1.29, 1.82) is 0 Å². The number of carbonyl (C=O) groups is 4. The van der Waals surface area contributed by atoms with Crippen LogP contribution in [0.5, 0.6) is 0 Å². The van der Waals surface area contributed by atoms with Crippen LogP contribution >= 0.6 is 0 Å². The van der Waals surface area contributed by atoms with E-state index in [1.165, 1.54) is 27.7 Å². The molecule has 0 saturated carbocycles. The second-order valence-electron chi connectivity index (χ2n) is 10.3. The molecule has 1 atom stereocenters. The Morgan fingerprint density at radius 1 is 0.795 bits per heavy atom. The lowest BCUT2D eigenvalue weighted by Gasteiger charge is -2.32. The van der Waals surface area contributed by atoms with Gasteiger partial charge in [0.05, 0.1) is 6.61 Å². The maximum atomic E-state index is 14.3. The van der Waals surface area contributed by atoms with Crippen LogP contribution in [-0.4, -0.2) is 60.9 Å².